The second-order valence-corrected chi connectivity index (χ2v) is 4.98. The van der Waals surface area contributed by atoms with Gasteiger partial charge in [-0.2, -0.15) is 0 Å². The van der Waals surface area contributed by atoms with E-state index in [9.17, 15) is 0 Å². The van der Waals surface area contributed by atoms with E-state index in [1.807, 2.05) is 26.0 Å². The van der Waals surface area contributed by atoms with Crippen LogP contribution in [0, 0.1) is 0 Å². The normalized spacial score (nSPS) is 11.1. The Kier molecular flexibility index (Phi) is 4.71. The topological polar surface area (TPSA) is 0 Å². The second-order valence-electron chi connectivity index (χ2n) is 4.07. The average molecular weight is 289 g/mol. The number of allylic oxidation sites excluding steroid dienone is 5. The maximum Gasteiger partial charge on any atom is 0.0181 e. The Hall–Kier alpha value is -1.34. The van der Waals surface area contributed by atoms with Crippen molar-refractivity contribution in [2.45, 2.75) is 13.8 Å². The molecule has 0 nitrogen and oxygen atoms in total. The van der Waals surface area contributed by atoms with Crippen molar-refractivity contribution < 1.29 is 0 Å². The number of hydrogen-bond donors (Lipinski definition) is 0. The highest BCUT2D eigenvalue weighted by Gasteiger charge is 2.09. The van der Waals surface area contributed by atoms with Gasteiger partial charge in [0.05, 0.1) is 0 Å². The Bertz CT molecular complexity index is 504. The van der Waals surface area contributed by atoms with Crippen LogP contribution in [0.4, 0.5) is 0 Å². The van der Waals surface area contributed by atoms with Crippen molar-refractivity contribution in [3.05, 3.63) is 71.3 Å². The molecule has 1 rings (SSSR count). The van der Waals surface area contributed by atoms with Gasteiger partial charge in [0.15, 0.2) is 0 Å². The van der Waals surface area contributed by atoms with Gasteiger partial charge in [0.2, 0.25) is 0 Å². The molecule has 1 aromatic rings. The van der Waals surface area contributed by atoms with Crippen LogP contribution in [0.25, 0.3) is 11.1 Å². The minimum absolute atomic E-state index is 1.02. The molecule has 1 aromatic carbocycles. The number of rotatable bonds is 4. The van der Waals surface area contributed by atoms with Crippen molar-refractivity contribution >= 4 is 27.1 Å². The first kappa shape index (κ1) is 13.7. The first-order valence-corrected chi connectivity index (χ1v) is 6.21. The maximum absolute atomic E-state index is 4.02. The summed E-state index contributed by atoms with van der Waals surface area (Å²) < 4.78 is 1.05. The molecule has 88 valence electrons. The van der Waals surface area contributed by atoms with Crippen molar-refractivity contribution in [1.82, 2.24) is 0 Å². The van der Waals surface area contributed by atoms with Gasteiger partial charge in [0.1, 0.15) is 0 Å². The van der Waals surface area contributed by atoms with Gasteiger partial charge < -0.3 is 0 Å². The lowest BCUT2D eigenvalue weighted by molar-refractivity contribution is 1.45. The van der Waals surface area contributed by atoms with E-state index in [4.69, 9.17) is 0 Å². The van der Waals surface area contributed by atoms with Crippen LogP contribution in [-0.4, -0.2) is 0 Å². The third kappa shape index (κ3) is 3.31. The molecule has 17 heavy (non-hydrogen) atoms. The lowest BCUT2D eigenvalue weighted by Crippen LogP contribution is -1.92. The summed E-state index contributed by atoms with van der Waals surface area (Å²) in [4.78, 5) is 0. The molecule has 0 aliphatic heterocycles. The molecule has 0 atom stereocenters. The van der Waals surface area contributed by atoms with Crippen molar-refractivity contribution in [1.29, 1.82) is 0 Å². The molecular formula is C16H17Br. The molecule has 0 aliphatic rings. The summed E-state index contributed by atoms with van der Waals surface area (Å²) >= 11 is 3.50. The maximum atomic E-state index is 4.02. The fourth-order valence-corrected chi connectivity index (χ4v) is 2.05. The summed E-state index contributed by atoms with van der Waals surface area (Å²) in [5.74, 6) is 0. The summed E-state index contributed by atoms with van der Waals surface area (Å²) in [6.07, 6.45) is 3.77. The van der Waals surface area contributed by atoms with Crippen molar-refractivity contribution in [3.63, 3.8) is 0 Å². The van der Waals surface area contributed by atoms with Crippen molar-refractivity contribution in [2.75, 3.05) is 0 Å². The monoisotopic (exact) mass is 288 g/mol. The first-order chi connectivity index (χ1) is 7.97. The molecule has 0 saturated carbocycles. The summed E-state index contributed by atoms with van der Waals surface area (Å²) in [6, 6.07) is 6.19. The molecule has 0 fully saturated rings. The minimum Gasteiger partial charge on any atom is -0.0990 e. The Morgan fingerprint density at radius 3 is 2.29 bits per heavy atom. The molecule has 0 saturated heterocycles. The summed E-state index contributed by atoms with van der Waals surface area (Å²) in [6.45, 7) is 15.8. The molecular weight excluding hydrogens is 272 g/mol. The molecule has 0 unspecified atom stereocenters. The Morgan fingerprint density at radius 1 is 1.18 bits per heavy atom. The Labute approximate surface area is 112 Å². The fourth-order valence-electron chi connectivity index (χ4n) is 1.69. The highest BCUT2D eigenvalue weighted by Crippen LogP contribution is 2.31. The first-order valence-electron chi connectivity index (χ1n) is 5.41. The Balaban J connectivity index is 3.51. The van der Waals surface area contributed by atoms with Gasteiger partial charge in [0, 0.05) is 4.47 Å². The smallest absolute Gasteiger partial charge is 0.0181 e. The molecule has 0 radical (unpaired) electrons. The third-order valence-electron chi connectivity index (χ3n) is 2.48. The SMILES string of the molecule is C=C/C=C(/C(=C)C)c1cc(Br)ccc1C(=C)C. The van der Waals surface area contributed by atoms with E-state index in [0.29, 0.717) is 0 Å². The molecule has 0 spiro atoms. The molecule has 0 aliphatic carbocycles. The molecule has 0 N–H and O–H groups in total. The molecule has 0 heterocycles. The molecule has 0 aromatic heterocycles. The van der Waals surface area contributed by atoms with Gasteiger partial charge in [-0.25, -0.2) is 0 Å². The average Bonchev–Trinajstić information content (AvgIpc) is 2.24. The van der Waals surface area contributed by atoms with Crippen LogP contribution < -0.4 is 0 Å². The number of hydrogen-bond acceptors (Lipinski definition) is 0. The zero-order valence-electron chi connectivity index (χ0n) is 10.4. The number of halogens is 1. The third-order valence-corrected chi connectivity index (χ3v) is 2.97. The second kappa shape index (κ2) is 5.83. The van der Waals surface area contributed by atoms with Gasteiger partial charge in [-0.3, -0.25) is 0 Å². The van der Waals surface area contributed by atoms with Crippen LogP contribution in [0.3, 0.4) is 0 Å². The van der Waals surface area contributed by atoms with E-state index >= 15 is 0 Å². The van der Waals surface area contributed by atoms with E-state index in [1.165, 1.54) is 0 Å². The highest BCUT2D eigenvalue weighted by molar-refractivity contribution is 9.10. The van der Waals surface area contributed by atoms with E-state index in [1.54, 1.807) is 6.08 Å². The van der Waals surface area contributed by atoms with E-state index in [0.717, 1.165) is 32.3 Å². The lowest BCUT2D eigenvalue weighted by Gasteiger charge is -2.13. The predicted molar refractivity (Wildman–Crippen MR) is 81.8 cm³/mol. The van der Waals surface area contributed by atoms with E-state index in [-0.39, 0.29) is 0 Å². The minimum atomic E-state index is 1.02. The quantitative estimate of drug-likeness (QED) is 0.630. The van der Waals surface area contributed by atoms with Gasteiger partial charge in [0.25, 0.3) is 0 Å². The zero-order valence-corrected chi connectivity index (χ0v) is 12.0. The molecule has 0 amide bonds. The van der Waals surface area contributed by atoms with Gasteiger partial charge in [-0.1, -0.05) is 65.0 Å². The lowest BCUT2D eigenvalue weighted by atomic mass is 9.92. The molecule has 0 bridgehead atoms. The number of benzene rings is 1. The predicted octanol–water partition coefficient (Wildman–Crippen LogP) is 5.63. The van der Waals surface area contributed by atoms with E-state index in [2.05, 4.69) is 47.8 Å². The van der Waals surface area contributed by atoms with Gasteiger partial charge in [-0.05, 0) is 42.7 Å². The van der Waals surface area contributed by atoms with E-state index < -0.39 is 0 Å². The largest absolute Gasteiger partial charge is 0.0990 e. The zero-order chi connectivity index (χ0) is 13.0. The van der Waals surface area contributed by atoms with Gasteiger partial charge >= 0.3 is 0 Å². The molecule has 1 heteroatoms. The summed E-state index contributed by atoms with van der Waals surface area (Å²) in [5, 5.41) is 0. The Morgan fingerprint density at radius 2 is 1.82 bits per heavy atom. The van der Waals surface area contributed by atoms with Crippen LogP contribution >= 0.6 is 15.9 Å². The fraction of sp³-hybridized carbons (Fsp3) is 0.125. The van der Waals surface area contributed by atoms with Crippen molar-refractivity contribution in [2.24, 2.45) is 0 Å². The van der Waals surface area contributed by atoms with Crippen LogP contribution in [0.1, 0.15) is 25.0 Å². The van der Waals surface area contributed by atoms with Crippen LogP contribution in [0.2, 0.25) is 0 Å². The van der Waals surface area contributed by atoms with Crippen LogP contribution in [0.5, 0.6) is 0 Å². The standard InChI is InChI=1S/C16H17Br/c1-6-7-14(11(2)3)16-10-13(17)8-9-15(16)12(4)5/h6-10H,1-2,4H2,3,5H3/b14-7-. The summed E-state index contributed by atoms with van der Waals surface area (Å²) in [5.41, 5.74) is 5.44. The van der Waals surface area contributed by atoms with Gasteiger partial charge in [-0.15, -0.1) is 0 Å². The highest BCUT2D eigenvalue weighted by atomic mass is 79.9. The van der Waals surface area contributed by atoms with Crippen LogP contribution in [-0.2, 0) is 0 Å². The van der Waals surface area contributed by atoms with Crippen molar-refractivity contribution in [3.8, 4) is 0 Å². The van der Waals surface area contributed by atoms with Crippen LogP contribution in [0.15, 0.2) is 60.1 Å². The summed E-state index contributed by atoms with van der Waals surface area (Å²) in [7, 11) is 0.